The van der Waals surface area contributed by atoms with Crippen LogP contribution in [0.1, 0.15) is 18.7 Å². The number of carbonyl (C=O) groups is 1. The monoisotopic (exact) mass is 397 g/mol. The van der Waals surface area contributed by atoms with Gasteiger partial charge in [0.05, 0.1) is 12.2 Å². The third-order valence-corrected chi connectivity index (χ3v) is 5.43. The Morgan fingerprint density at radius 1 is 1.21 bits per heavy atom. The minimum absolute atomic E-state index is 0.184. The molecule has 4 rings (SSSR count). The van der Waals surface area contributed by atoms with E-state index in [2.05, 4.69) is 10.4 Å². The molecule has 1 amide bonds. The molecule has 7 nitrogen and oxygen atoms in total. The molecule has 0 aliphatic carbocycles. The molecule has 0 saturated carbocycles. The van der Waals surface area contributed by atoms with Crippen molar-refractivity contribution in [3.63, 3.8) is 0 Å². The van der Waals surface area contributed by atoms with Crippen LogP contribution in [0.25, 0.3) is 11.3 Å². The zero-order valence-electron chi connectivity index (χ0n) is 15.5. The van der Waals surface area contributed by atoms with E-state index in [0.717, 1.165) is 10.4 Å². The van der Waals surface area contributed by atoms with E-state index in [0.29, 0.717) is 23.7 Å². The minimum Gasteiger partial charge on any atom is -0.454 e. The largest absolute Gasteiger partial charge is 0.454 e. The third kappa shape index (κ3) is 3.38. The lowest BCUT2D eigenvalue weighted by Crippen LogP contribution is -2.49. The van der Waals surface area contributed by atoms with E-state index < -0.39 is 5.54 Å². The van der Waals surface area contributed by atoms with Gasteiger partial charge < -0.3 is 14.8 Å². The summed E-state index contributed by atoms with van der Waals surface area (Å²) >= 11 is 1.56. The molecule has 0 saturated heterocycles. The second kappa shape index (κ2) is 7.12. The maximum atomic E-state index is 12.8. The molecular formula is C20H19N3O4S. The average Bonchev–Trinajstić information content (AvgIpc) is 3.37. The summed E-state index contributed by atoms with van der Waals surface area (Å²) in [5.41, 5.74) is -0.161. The molecule has 2 aromatic heterocycles. The van der Waals surface area contributed by atoms with Crippen molar-refractivity contribution in [1.82, 2.24) is 15.1 Å². The van der Waals surface area contributed by atoms with E-state index in [9.17, 15) is 9.59 Å². The third-order valence-electron chi connectivity index (χ3n) is 4.56. The number of amides is 1. The zero-order valence-corrected chi connectivity index (χ0v) is 16.3. The van der Waals surface area contributed by atoms with E-state index in [1.54, 1.807) is 37.3 Å². The second-order valence-electron chi connectivity index (χ2n) is 6.86. The van der Waals surface area contributed by atoms with E-state index in [4.69, 9.17) is 9.47 Å². The van der Waals surface area contributed by atoms with Gasteiger partial charge in [0, 0.05) is 16.5 Å². The summed E-state index contributed by atoms with van der Waals surface area (Å²) in [5, 5.41) is 9.29. The minimum atomic E-state index is -1.15. The fraction of sp³-hybridized carbons (Fsp3) is 0.250. The molecule has 1 aliphatic rings. The number of nitrogens with zero attached hydrogens (tertiary/aromatic N) is 2. The number of carbonyl (C=O) groups excluding carboxylic acids is 1. The zero-order chi connectivity index (χ0) is 19.7. The van der Waals surface area contributed by atoms with E-state index in [1.807, 2.05) is 29.6 Å². The number of aromatic nitrogens is 2. The molecule has 144 valence electrons. The molecule has 3 aromatic rings. The summed E-state index contributed by atoms with van der Waals surface area (Å²) in [6, 6.07) is 12.4. The van der Waals surface area contributed by atoms with Crippen molar-refractivity contribution in [3.05, 3.63) is 63.1 Å². The normalized spacial score (nSPS) is 12.8. The van der Waals surface area contributed by atoms with Crippen molar-refractivity contribution < 1.29 is 14.3 Å². The Kier molecular flexibility index (Phi) is 4.64. The average molecular weight is 397 g/mol. The van der Waals surface area contributed by atoms with Gasteiger partial charge in [-0.05, 0) is 49.6 Å². The van der Waals surface area contributed by atoms with E-state index in [1.165, 1.54) is 10.7 Å². The second-order valence-corrected chi connectivity index (χ2v) is 7.89. The molecule has 0 radical (unpaired) electrons. The lowest BCUT2D eigenvalue weighted by Gasteiger charge is -2.25. The van der Waals surface area contributed by atoms with Gasteiger partial charge in [-0.1, -0.05) is 6.07 Å². The van der Waals surface area contributed by atoms with E-state index in [-0.39, 0.29) is 18.3 Å². The van der Waals surface area contributed by atoms with Crippen molar-refractivity contribution in [3.8, 4) is 22.8 Å². The van der Waals surface area contributed by atoms with Gasteiger partial charge in [0.15, 0.2) is 11.5 Å². The van der Waals surface area contributed by atoms with Crippen LogP contribution in [0.2, 0.25) is 0 Å². The molecule has 1 aliphatic heterocycles. The number of rotatable bonds is 5. The summed E-state index contributed by atoms with van der Waals surface area (Å²) < 4.78 is 12.0. The number of hydrogen-bond donors (Lipinski definition) is 1. The molecule has 0 bridgehead atoms. The predicted molar refractivity (Wildman–Crippen MR) is 106 cm³/mol. The van der Waals surface area contributed by atoms with Crippen LogP contribution in [-0.4, -0.2) is 22.5 Å². The van der Waals surface area contributed by atoms with Gasteiger partial charge in [0.1, 0.15) is 5.54 Å². The topological polar surface area (TPSA) is 82.5 Å². The van der Waals surface area contributed by atoms with Gasteiger partial charge in [0.25, 0.3) is 5.56 Å². The molecule has 0 unspecified atom stereocenters. The molecule has 0 atom stereocenters. The molecular weight excluding hydrogens is 378 g/mol. The summed E-state index contributed by atoms with van der Waals surface area (Å²) in [5.74, 6) is 1.02. The lowest BCUT2D eigenvalue weighted by atomic mass is 10.0. The molecule has 1 aromatic carbocycles. The summed E-state index contributed by atoms with van der Waals surface area (Å²) in [6.45, 7) is 3.95. The maximum absolute atomic E-state index is 12.8. The predicted octanol–water partition coefficient (Wildman–Crippen LogP) is 2.75. The Hall–Kier alpha value is -3.13. The number of thiophene rings is 1. The number of fused-ring (bicyclic) bond motifs is 1. The Bertz CT molecular complexity index is 1070. The SMILES string of the molecule is CC(C)(C(=O)NCc1cccs1)n1nc(-c2ccc3c(c2)OCO3)ccc1=O. The Morgan fingerprint density at radius 3 is 2.82 bits per heavy atom. The number of ether oxygens (including phenoxy) is 2. The van der Waals surface area contributed by atoms with Gasteiger partial charge >= 0.3 is 0 Å². The van der Waals surface area contributed by atoms with Gasteiger partial charge in [0.2, 0.25) is 12.7 Å². The summed E-state index contributed by atoms with van der Waals surface area (Å²) in [7, 11) is 0. The van der Waals surface area contributed by atoms with Crippen molar-refractivity contribution in [1.29, 1.82) is 0 Å². The highest BCUT2D eigenvalue weighted by molar-refractivity contribution is 7.09. The van der Waals surface area contributed by atoms with Gasteiger partial charge in [-0.15, -0.1) is 11.3 Å². The Morgan fingerprint density at radius 2 is 2.04 bits per heavy atom. The Balaban J connectivity index is 1.62. The van der Waals surface area contributed by atoms with Gasteiger partial charge in [-0.25, -0.2) is 4.68 Å². The quantitative estimate of drug-likeness (QED) is 0.716. The highest BCUT2D eigenvalue weighted by atomic mass is 32.1. The highest BCUT2D eigenvalue weighted by Crippen LogP contribution is 2.35. The number of nitrogens with one attached hydrogen (secondary N) is 1. The summed E-state index contributed by atoms with van der Waals surface area (Å²) in [4.78, 5) is 26.3. The molecule has 8 heteroatoms. The van der Waals surface area contributed by atoms with Crippen molar-refractivity contribution in [2.75, 3.05) is 6.79 Å². The number of benzene rings is 1. The molecule has 0 fully saturated rings. The van der Waals surface area contributed by atoms with Crippen LogP contribution in [0.3, 0.4) is 0 Å². The first kappa shape index (κ1) is 18.2. The van der Waals surface area contributed by atoms with Crippen LogP contribution in [0.4, 0.5) is 0 Å². The van der Waals surface area contributed by atoms with Crippen LogP contribution < -0.4 is 20.3 Å². The van der Waals surface area contributed by atoms with Crippen molar-refractivity contribution >= 4 is 17.2 Å². The van der Waals surface area contributed by atoms with Crippen LogP contribution in [0.5, 0.6) is 11.5 Å². The molecule has 1 N–H and O–H groups in total. The first-order valence-corrected chi connectivity index (χ1v) is 9.65. The van der Waals surface area contributed by atoms with Crippen LogP contribution in [-0.2, 0) is 16.9 Å². The maximum Gasteiger partial charge on any atom is 0.267 e. The first-order valence-electron chi connectivity index (χ1n) is 8.77. The standard InChI is InChI=1S/C20H19N3O4S/c1-20(2,19(25)21-11-14-4-3-9-28-14)23-18(24)8-6-15(22-23)13-5-7-16-17(10-13)27-12-26-16/h3-10H,11-12H2,1-2H3,(H,21,25). The van der Waals surface area contributed by atoms with Crippen LogP contribution in [0.15, 0.2) is 52.6 Å². The van der Waals surface area contributed by atoms with Crippen LogP contribution >= 0.6 is 11.3 Å². The first-order chi connectivity index (χ1) is 13.4. The fourth-order valence-electron chi connectivity index (χ4n) is 2.91. The fourth-order valence-corrected chi connectivity index (χ4v) is 3.56. The smallest absolute Gasteiger partial charge is 0.267 e. The molecule has 3 heterocycles. The highest BCUT2D eigenvalue weighted by Gasteiger charge is 2.32. The molecule has 28 heavy (non-hydrogen) atoms. The van der Waals surface area contributed by atoms with E-state index >= 15 is 0 Å². The Labute approximate surface area is 165 Å². The van der Waals surface area contributed by atoms with Gasteiger partial charge in [-0.3, -0.25) is 9.59 Å². The van der Waals surface area contributed by atoms with Crippen LogP contribution in [0, 0.1) is 0 Å². The van der Waals surface area contributed by atoms with Gasteiger partial charge in [-0.2, -0.15) is 5.10 Å². The van der Waals surface area contributed by atoms with Crippen molar-refractivity contribution in [2.45, 2.75) is 25.9 Å². The summed E-state index contributed by atoms with van der Waals surface area (Å²) in [6.07, 6.45) is 0. The lowest BCUT2D eigenvalue weighted by molar-refractivity contribution is -0.129. The van der Waals surface area contributed by atoms with Crippen molar-refractivity contribution in [2.24, 2.45) is 0 Å². The molecule has 0 spiro atoms. The number of hydrogen-bond acceptors (Lipinski definition) is 6.